The molecule has 0 aromatic heterocycles. The lowest BCUT2D eigenvalue weighted by atomic mass is 9.90. The normalized spacial score (nSPS) is 21.4. The molecule has 2 aromatic rings. The van der Waals surface area contributed by atoms with Crippen molar-refractivity contribution in [3.8, 4) is 5.75 Å². The van der Waals surface area contributed by atoms with Gasteiger partial charge in [0, 0.05) is 11.3 Å². The highest BCUT2D eigenvalue weighted by Gasteiger charge is 2.40. The van der Waals surface area contributed by atoms with Crippen molar-refractivity contribution in [1.29, 1.82) is 0 Å². The summed E-state index contributed by atoms with van der Waals surface area (Å²) in [6, 6.07) is 8.83. The Kier molecular flexibility index (Phi) is 6.66. The molecule has 0 spiro atoms. The fraction of sp³-hybridized carbons (Fsp3) is 0.318. The van der Waals surface area contributed by atoms with Crippen LogP contribution in [0.25, 0.3) is 0 Å². The number of hydrogen-bond acceptors (Lipinski definition) is 4. The Morgan fingerprint density at radius 1 is 1.23 bits per heavy atom. The third kappa shape index (κ3) is 5.42. The number of anilines is 1. The van der Waals surface area contributed by atoms with Gasteiger partial charge in [0.2, 0.25) is 5.91 Å². The first kappa shape index (κ1) is 22.8. The second-order valence-corrected chi connectivity index (χ2v) is 7.33. The molecule has 1 aliphatic rings. The smallest absolute Gasteiger partial charge is 0.420 e. The van der Waals surface area contributed by atoms with Gasteiger partial charge < -0.3 is 19.5 Å². The van der Waals surface area contributed by atoms with E-state index in [0.717, 1.165) is 12.1 Å². The molecule has 1 heterocycles. The number of rotatable bonds is 6. The molecule has 0 aliphatic carbocycles. The van der Waals surface area contributed by atoms with Gasteiger partial charge in [0.25, 0.3) is 0 Å². The van der Waals surface area contributed by atoms with Gasteiger partial charge in [-0.3, -0.25) is 4.79 Å². The van der Waals surface area contributed by atoms with Crippen molar-refractivity contribution in [3.05, 3.63) is 72.1 Å². The van der Waals surface area contributed by atoms with Crippen molar-refractivity contribution in [2.75, 3.05) is 25.1 Å². The van der Waals surface area contributed by atoms with E-state index in [0.29, 0.717) is 5.56 Å². The summed E-state index contributed by atoms with van der Waals surface area (Å²) >= 11 is 0. The molecule has 0 unspecified atom stereocenters. The van der Waals surface area contributed by atoms with Gasteiger partial charge in [-0.15, -0.1) is 0 Å². The molecular formula is C22H21F4NO4. The first-order valence-corrected chi connectivity index (χ1v) is 9.37. The standard InChI is InChI=1S/C22H21F4NO4/c1-3-10-29-18-9-8-16(11-17(18)22(24,25)26)27-20(28)21(2)12-30-19(31-13-21)14-4-6-15(23)7-5-14/h3-9,11,19H,1,10,12-13H2,2H3,(H,27,28). The van der Waals surface area contributed by atoms with Crippen molar-refractivity contribution in [2.24, 2.45) is 5.41 Å². The second-order valence-electron chi connectivity index (χ2n) is 7.33. The van der Waals surface area contributed by atoms with Gasteiger partial charge in [-0.1, -0.05) is 24.8 Å². The van der Waals surface area contributed by atoms with Gasteiger partial charge in [0.05, 0.1) is 24.2 Å². The summed E-state index contributed by atoms with van der Waals surface area (Å²) in [6.45, 7) is 4.83. The quantitative estimate of drug-likeness (QED) is 0.503. The van der Waals surface area contributed by atoms with E-state index in [4.69, 9.17) is 14.2 Å². The highest BCUT2D eigenvalue weighted by Crippen LogP contribution is 2.39. The lowest BCUT2D eigenvalue weighted by Gasteiger charge is -2.36. The van der Waals surface area contributed by atoms with Crippen molar-refractivity contribution in [3.63, 3.8) is 0 Å². The predicted octanol–water partition coefficient (Wildman–Crippen LogP) is 5.10. The molecule has 0 bridgehead atoms. The first-order valence-electron chi connectivity index (χ1n) is 9.37. The Morgan fingerprint density at radius 2 is 1.87 bits per heavy atom. The number of nitrogens with one attached hydrogen (secondary N) is 1. The fourth-order valence-corrected chi connectivity index (χ4v) is 2.94. The molecule has 166 valence electrons. The van der Waals surface area contributed by atoms with E-state index in [2.05, 4.69) is 11.9 Å². The molecule has 3 rings (SSSR count). The van der Waals surface area contributed by atoms with Crippen molar-refractivity contribution in [1.82, 2.24) is 0 Å². The van der Waals surface area contributed by atoms with Crippen LogP contribution in [0.5, 0.6) is 5.75 Å². The van der Waals surface area contributed by atoms with Crippen LogP contribution in [0.15, 0.2) is 55.1 Å². The van der Waals surface area contributed by atoms with E-state index in [-0.39, 0.29) is 31.3 Å². The number of amides is 1. The van der Waals surface area contributed by atoms with Crippen LogP contribution in [0.4, 0.5) is 23.2 Å². The van der Waals surface area contributed by atoms with Crippen molar-refractivity contribution in [2.45, 2.75) is 19.4 Å². The number of halogens is 4. The zero-order chi connectivity index (χ0) is 22.6. The average Bonchev–Trinajstić information content (AvgIpc) is 2.73. The zero-order valence-corrected chi connectivity index (χ0v) is 16.7. The van der Waals surface area contributed by atoms with E-state index in [1.54, 1.807) is 6.92 Å². The molecule has 5 nitrogen and oxygen atoms in total. The highest BCUT2D eigenvalue weighted by molar-refractivity contribution is 5.95. The van der Waals surface area contributed by atoms with Crippen molar-refractivity contribution >= 4 is 11.6 Å². The van der Waals surface area contributed by atoms with Crippen LogP contribution in [0, 0.1) is 11.2 Å². The third-order valence-electron chi connectivity index (χ3n) is 4.70. The zero-order valence-electron chi connectivity index (χ0n) is 16.7. The van der Waals surface area contributed by atoms with Gasteiger partial charge in [0.1, 0.15) is 18.2 Å². The van der Waals surface area contributed by atoms with Crippen LogP contribution in [-0.2, 0) is 20.4 Å². The molecule has 2 aromatic carbocycles. The minimum atomic E-state index is -4.67. The molecule has 1 fully saturated rings. The molecule has 31 heavy (non-hydrogen) atoms. The van der Waals surface area contributed by atoms with Crippen LogP contribution < -0.4 is 10.1 Å². The summed E-state index contributed by atoms with van der Waals surface area (Å²) in [5.41, 5.74) is -1.59. The molecule has 1 N–H and O–H groups in total. The summed E-state index contributed by atoms with van der Waals surface area (Å²) in [5, 5.41) is 2.49. The van der Waals surface area contributed by atoms with E-state index < -0.39 is 35.2 Å². The monoisotopic (exact) mass is 439 g/mol. The Hall–Kier alpha value is -2.91. The van der Waals surface area contributed by atoms with Crippen LogP contribution >= 0.6 is 0 Å². The van der Waals surface area contributed by atoms with Gasteiger partial charge in [-0.25, -0.2) is 4.39 Å². The van der Waals surface area contributed by atoms with Crippen molar-refractivity contribution < 1.29 is 36.6 Å². The lowest BCUT2D eigenvalue weighted by Crippen LogP contribution is -2.45. The summed E-state index contributed by atoms with van der Waals surface area (Å²) in [4.78, 5) is 12.7. The summed E-state index contributed by atoms with van der Waals surface area (Å²) < 4.78 is 69.4. The summed E-state index contributed by atoms with van der Waals surface area (Å²) in [6.07, 6.45) is -4.10. The molecule has 9 heteroatoms. The van der Waals surface area contributed by atoms with E-state index >= 15 is 0 Å². The average molecular weight is 439 g/mol. The largest absolute Gasteiger partial charge is 0.489 e. The lowest BCUT2D eigenvalue weighted by molar-refractivity contribution is -0.226. The van der Waals surface area contributed by atoms with Gasteiger partial charge in [-0.2, -0.15) is 13.2 Å². The number of alkyl halides is 3. The molecule has 1 aliphatic heterocycles. The van der Waals surface area contributed by atoms with Gasteiger partial charge >= 0.3 is 6.18 Å². The van der Waals surface area contributed by atoms with Crippen LogP contribution in [0.2, 0.25) is 0 Å². The Bertz CT molecular complexity index is 936. The maximum absolute atomic E-state index is 13.4. The highest BCUT2D eigenvalue weighted by atomic mass is 19.4. The molecule has 0 saturated carbocycles. The van der Waals surface area contributed by atoms with Gasteiger partial charge in [0.15, 0.2) is 6.29 Å². The Balaban J connectivity index is 1.69. The van der Waals surface area contributed by atoms with Gasteiger partial charge in [-0.05, 0) is 37.3 Å². The minimum absolute atomic E-state index is 0.0342. The molecule has 0 radical (unpaired) electrons. The van der Waals surface area contributed by atoms with Crippen LogP contribution in [0.3, 0.4) is 0 Å². The maximum Gasteiger partial charge on any atom is 0.420 e. The first-order chi connectivity index (χ1) is 14.6. The Labute approximate surface area is 176 Å². The second kappa shape index (κ2) is 9.07. The van der Waals surface area contributed by atoms with E-state index in [9.17, 15) is 22.4 Å². The number of ether oxygens (including phenoxy) is 3. The topological polar surface area (TPSA) is 56.8 Å². The number of benzene rings is 2. The van der Waals surface area contributed by atoms with Crippen LogP contribution in [-0.4, -0.2) is 25.7 Å². The third-order valence-corrected chi connectivity index (χ3v) is 4.70. The maximum atomic E-state index is 13.4. The van der Waals surface area contributed by atoms with E-state index in [1.807, 2.05) is 0 Å². The molecular weight excluding hydrogens is 418 g/mol. The minimum Gasteiger partial charge on any atom is -0.489 e. The molecule has 0 atom stereocenters. The number of carbonyl (C=O) groups excluding carboxylic acids is 1. The fourth-order valence-electron chi connectivity index (χ4n) is 2.94. The summed E-state index contributed by atoms with van der Waals surface area (Å²) in [7, 11) is 0. The van der Waals surface area contributed by atoms with Crippen LogP contribution in [0.1, 0.15) is 24.3 Å². The Morgan fingerprint density at radius 3 is 2.45 bits per heavy atom. The molecule has 1 amide bonds. The summed E-state index contributed by atoms with van der Waals surface area (Å²) in [5.74, 6) is -1.32. The number of carbonyl (C=O) groups is 1. The predicted molar refractivity (Wildman–Crippen MR) is 105 cm³/mol. The SMILES string of the molecule is C=CCOc1ccc(NC(=O)C2(C)COC(c3ccc(F)cc3)OC2)cc1C(F)(F)F. The molecule has 1 saturated heterocycles. The number of hydrogen-bond donors (Lipinski definition) is 1. The van der Waals surface area contributed by atoms with E-state index in [1.165, 1.54) is 36.4 Å².